The van der Waals surface area contributed by atoms with Crippen molar-refractivity contribution in [1.82, 2.24) is 4.90 Å². The zero-order valence-electron chi connectivity index (χ0n) is 17.2. The summed E-state index contributed by atoms with van der Waals surface area (Å²) in [6.45, 7) is 4.05. The van der Waals surface area contributed by atoms with Crippen LogP contribution >= 0.6 is 0 Å². The van der Waals surface area contributed by atoms with Gasteiger partial charge < -0.3 is 10.1 Å². The van der Waals surface area contributed by atoms with Crippen LogP contribution in [0.5, 0.6) is 5.75 Å². The van der Waals surface area contributed by atoms with E-state index in [1.54, 1.807) is 31.4 Å². The summed E-state index contributed by atoms with van der Waals surface area (Å²) in [4.78, 5) is 26.0. The largest absolute Gasteiger partial charge is 0.497 e. The second-order valence-corrected chi connectivity index (χ2v) is 7.26. The molecule has 0 fully saturated rings. The molecule has 3 aromatic carbocycles. The molecule has 0 aliphatic heterocycles. The number of Topliss-reactive ketones (excluding diaryl/α,β-unsaturated/α-hetero) is 1. The fraction of sp³-hybridized carbons (Fsp3) is 0.250. The van der Waals surface area contributed by atoms with Crippen LogP contribution in [0.2, 0.25) is 0 Å². The first kappa shape index (κ1) is 20.6. The van der Waals surface area contributed by atoms with Gasteiger partial charge in [-0.1, -0.05) is 18.2 Å². The zero-order valence-corrected chi connectivity index (χ0v) is 17.2. The van der Waals surface area contributed by atoms with E-state index in [0.29, 0.717) is 17.8 Å². The number of likely N-dealkylation sites (N-methyl/N-ethyl adjacent to an activating group) is 1. The second kappa shape index (κ2) is 8.88. The fourth-order valence-corrected chi connectivity index (χ4v) is 3.16. The molecule has 0 radical (unpaired) electrons. The van der Waals surface area contributed by atoms with E-state index < -0.39 is 0 Å². The molecule has 0 saturated heterocycles. The molecule has 3 rings (SSSR count). The molecule has 5 heteroatoms. The minimum absolute atomic E-state index is 0.00445. The molecule has 3 aromatic rings. The highest BCUT2D eigenvalue weighted by atomic mass is 16.5. The summed E-state index contributed by atoms with van der Waals surface area (Å²) in [5, 5.41) is 5.17. The minimum Gasteiger partial charge on any atom is -0.497 e. The number of fused-ring (bicyclic) bond motifs is 1. The van der Waals surface area contributed by atoms with E-state index in [9.17, 15) is 9.59 Å². The van der Waals surface area contributed by atoms with E-state index in [0.717, 1.165) is 22.1 Å². The van der Waals surface area contributed by atoms with Crippen LogP contribution in [0, 0.1) is 0 Å². The van der Waals surface area contributed by atoms with Crippen LogP contribution in [0.25, 0.3) is 10.8 Å². The molecule has 0 aliphatic carbocycles. The highest BCUT2D eigenvalue weighted by molar-refractivity contribution is 5.97. The molecule has 0 aliphatic rings. The summed E-state index contributed by atoms with van der Waals surface area (Å²) >= 11 is 0. The first-order chi connectivity index (χ1) is 13.9. The van der Waals surface area contributed by atoms with E-state index in [-0.39, 0.29) is 17.7 Å². The lowest BCUT2D eigenvalue weighted by Crippen LogP contribution is -2.39. The number of hydrogen-bond donors (Lipinski definition) is 1. The molecule has 1 atom stereocenters. The van der Waals surface area contributed by atoms with Crippen LogP contribution in [-0.2, 0) is 11.3 Å². The molecule has 0 spiro atoms. The van der Waals surface area contributed by atoms with Gasteiger partial charge in [0.25, 0.3) is 0 Å². The number of nitrogens with zero attached hydrogens (tertiary/aromatic N) is 1. The van der Waals surface area contributed by atoms with Crippen molar-refractivity contribution in [2.45, 2.75) is 26.4 Å². The molecular weight excluding hydrogens is 364 g/mol. The molecule has 0 bridgehead atoms. The molecular formula is C24H26N2O3. The van der Waals surface area contributed by atoms with Gasteiger partial charge >= 0.3 is 0 Å². The third-order valence-corrected chi connectivity index (χ3v) is 5.14. The van der Waals surface area contributed by atoms with Crippen molar-refractivity contribution in [3.8, 4) is 5.75 Å². The number of anilines is 1. The third kappa shape index (κ3) is 5.00. The summed E-state index contributed by atoms with van der Waals surface area (Å²) < 4.78 is 5.27. The van der Waals surface area contributed by atoms with Crippen molar-refractivity contribution in [2.75, 3.05) is 19.5 Å². The molecule has 5 nitrogen and oxygen atoms in total. The average molecular weight is 390 g/mol. The summed E-state index contributed by atoms with van der Waals surface area (Å²) in [5.74, 6) is 0.752. The van der Waals surface area contributed by atoms with Gasteiger partial charge in [0.2, 0.25) is 5.91 Å². The molecule has 0 aromatic heterocycles. The highest BCUT2D eigenvalue weighted by Crippen LogP contribution is 2.22. The summed E-state index contributed by atoms with van der Waals surface area (Å²) in [6, 6.07) is 18.9. The van der Waals surface area contributed by atoms with E-state index in [2.05, 4.69) is 23.5 Å². The normalized spacial score (nSPS) is 12.0. The van der Waals surface area contributed by atoms with E-state index in [4.69, 9.17) is 4.74 Å². The lowest BCUT2D eigenvalue weighted by molar-refractivity contribution is -0.120. The van der Waals surface area contributed by atoms with Gasteiger partial charge in [0.05, 0.1) is 13.2 Å². The number of carbonyl (C=O) groups is 2. The van der Waals surface area contributed by atoms with Crippen molar-refractivity contribution >= 4 is 28.2 Å². The van der Waals surface area contributed by atoms with Gasteiger partial charge in [0.1, 0.15) is 5.75 Å². The van der Waals surface area contributed by atoms with Gasteiger partial charge in [0.15, 0.2) is 5.78 Å². The number of ether oxygens (including phenoxy) is 1. The van der Waals surface area contributed by atoms with Gasteiger partial charge in [-0.05, 0) is 79.7 Å². The fourth-order valence-electron chi connectivity index (χ4n) is 3.16. The third-order valence-electron chi connectivity index (χ3n) is 5.14. The quantitative estimate of drug-likeness (QED) is 0.603. The Labute approximate surface area is 171 Å². The van der Waals surface area contributed by atoms with Crippen molar-refractivity contribution in [3.63, 3.8) is 0 Å². The van der Waals surface area contributed by atoms with E-state index >= 15 is 0 Å². The van der Waals surface area contributed by atoms with Gasteiger partial charge in [-0.25, -0.2) is 0 Å². The molecule has 1 N–H and O–H groups in total. The Balaban J connectivity index is 1.64. The Hall–Kier alpha value is -3.18. The average Bonchev–Trinajstić information content (AvgIpc) is 2.73. The number of hydrogen-bond acceptors (Lipinski definition) is 4. The van der Waals surface area contributed by atoms with Crippen molar-refractivity contribution in [1.29, 1.82) is 0 Å². The van der Waals surface area contributed by atoms with E-state index in [1.165, 1.54) is 6.92 Å². The van der Waals surface area contributed by atoms with Gasteiger partial charge in [-0.2, -0.15) is 0 Å². The predicted octanol–water partition coefficient (Wildman–Crippen LogP) is 4.51. The maximum Gasteiger partial charge on any atom is 0.241 e. The lowest BCUT2D eigenvalue weighted by atomic mass is 10.1. The highest BCUT2D eigenvalue weighted by Gasteiger charge is 2.18. The summed E-state index contributed by atoms with van der Waals surface area (Å²) in [7, 11) is 3.59. The molecule has 1 amide bonds. The van der Waals surface area contributed by atoms with Gasteiger partial charge in [-0.15, -0.1) is 0 Å². The number of carbonyl (C=O) groups excluding carboxylic acids is 2. The first-order valence-corrected chi connectivity index (χ1v) is 9.56. The van der Waals surface area contributed by atoms with Crippen LogP contribution < -0.4 is 10.1 Å². The molecule has 0 heterocycles. The van der Waals surface area contributed by atoms with Crippen LogP contribution in [0.4, 0.5) is 5.69 Å². The van der Waals surface area contributed by atoms with Gasteiger partial charge in [-0.3, -0.25) is 14.5 Å². The Bertz CT molecular complexity index is 1030. The second-order valence-electron chi connectivity index (χ2n) is 7.26. The van der Waals surface area contributed by atoms with Crippen LogP contribution in [-0.4, -0.2) is 36.8 Å². The number of benzene rings is 3. The van der Waals surface area contributed by atoms with Crippen molar-refractivity contribution in [3.05, 3.63) is 71.8 Å². The maximum atomic E-state index is 12.6. The standard InChI is InChI=1S/C24H26N2O3/c1-16(24(28)25-22-10-7-19(8-11-22)17(2)27)26(3)15-18-5-6-21-14-23(29-4)12-9-20(21)13-18/h5-14,16H,15H2,1-4H3,(H,25,28). The SMILES string of the molecule is COc1ccc2cc(CN(C)C(C)C(=O)Nc3ccc(C(C)=O)cc3)ccc2c1. The predicted molar refractivity (Wildman–Crippen MR) is 117 cm³/mol. The number of amides is 1. The monoisotopic (exact) mass is 390 g/mol. The number of nitrogens with one attached hydrogen (secondary N) is 1. The number of rotatable bonds is 7. The van der Waals surface area contributed by atoms with Crippen LogP contribution in [0.3, 0.4) is 0 Å². The van der Waals surface area contributed by atoms with Crippen LogP contribution in [0.1, 0.15) is 29.8 Å². The first-order valence-electron chi connectivity index (χ1n) is 9.56. The Morgan fingerprint density at radius 3 is 2.31 bits per heavy atom. The smallest absolute Gasteiger partial charge is 0.241 e. The topological polar surface area (TPSA) is 58.6 Å². The number of methoxy groups -OCH3 is 1. The maximum absolute atomic E-state index is 12.6. The van der Waals surface area contributed by atoms with Crippen molar-refractivity contribution in [2.24, 2.45) is 0 Å². The Morgan fingerprint density at radius 2 is 1.66 bits per heavy atom. The Morgan fingerprint density at radius 1 is 1.00 bits per heavy atom. The number of ketones is 1. The van der Waals surface area contributed by atoms with E-state index in [1.807, 2.05) is 37.1 Å². The van der Waals surface area contributed by atoms with Gasteiger partial charge in [0, 0.05) is 17.8 Å². The molecule has 29 heavy (non-hydrogen) atoms. The summed E-state index contributed by atoms with van der Waals surface area (Å²) in [6.07, 6.45) is 0. The van der Waals surface area contributed by atoms with Crippen molar-refractivity contribution < 1.29 is 14.3 Å². The molecule has 0 saturated carbocycles. The molecule has 150 valence electrons. The zero-order chi connectivity index (χ0) is 21.0. The summed E-state index contributed by atoms with van der Waals surface area (Å²) in [5.41, 5.74) is 2.44. The molecule has 1 unspecified atom stereocenters. The lowest BCUT2D eigenvalue weighted by Gasteiger charge is -2.24. The Kier molecular flexibility index (Phi) is 6.29. The minimum atomic E-state index is -0.311. The van der Waals surface area contributed by atoms with Crippen LogP contribution in [0.15, 0.2) is 60.7 Å².